The van der Waals surface area contributed by atoms with E-state index in [1.165, 1.54) is 5.56 Å². The minimum absolute atomic E-state index is 0.190. The van der Waals surface area contributed by atoms with E-state index in [1.54, 1.807) is 0 Å². The molecule has 0 bridgehead atoms. The Morgan fingerprint density at radius 1 is 1.29 bits per heavy atom. The first-order valence-corrected chi connectivity index (χ1v) is 7.95. The van der Waals surface area contributed by atoms with Gasteiger partial charge in [0.15, 0.2) is 0 Å². The fourth-order valence-electron chi connectivity index (χ4n) is 2.58. The molecule has 1 aliphatic rings. The summed E-state index contributed by atoms with van der Waals surface area (Å²) in [5.74, 6) is 0. The zero-order valence-electron chi connectivity index (χ0n) is 12.7. The number of aliphatic hydroxyl groups is 1. The van der Waals surface area contributed by atoms with Crippen molar-refractivity contribution in [1.82, 2.24) is 9.80 Å². The van der Waals surface area contributed by atoms with Crippen molar-refractivity contribution in [2.45, 2.75) is 13.5 Å². The summed E-state index contributed by atoms with van der Waals surface area (Å²) in [4.78, 5) is 4.71. The molecule has 0 atom stereocenters. The number of rotatable bonds is 7. The molecule has 0 aliphatic carbocycles. The summed E-state index contributed by atoms with van der Waals surface area (Å²) in [5.41, 5.74) is 2.35. The highest BCUT2D eigenvalue weighted by Crippen LogP contribution is 2.17. The second-order valence-corrected chi connectivity index (χ2v) is 5.94. The number of morpholine rings is 1. The van der Waals surface area contributed by atoms with Crippen LogP contribution in [0.25, 0.3) is 0 Å². The number of hydrogen-bond donors (Lipinski definition) is 1. The van der Waals surface area contributed by atoms with Crippen molar-refractivity contribution in [2.24, 2.45) is 0 Å². The van der Waals surface area contributed by atoms with Gasteiger partial charge in [-0.1, -0.05) is 23.7 Å². The number of ether oxygens (including phenoxy) is 1. The van der Waals surface area contributed by atoms with Crippen LogP contribution in [0.15, 0.2) is 18.2 Å². The predicted octanol–water partition coefficient (Wildman–Crippen LogP) is 1.77. The first-order valence-electron chi connectivity index (χ1n) is 7.57. The topological polar surface area (TPSA) is 35.9 Å². The van der Waals surface area contributed by atoms with Crippen LogP contribution in [0.3, 0.4) is 0 Å². The standard InChI is InChI=1S/C16H25ClN2O2/c1-14-12-15(2-3-16(14)17)13-19(6-9-20)5-4-18-7-10-21-11-8-18/h2-3,12,20H,4-11,13H2,1H3. The zero-order chi connectivity index (χ0) is 15.1. The van der Waals surface area contributed by atoms with Crippen LogP contribution < -0.4 is 0 Å². The maximum Gasteiger partial charge on any atom is 0.0594 e. The Morgan fingerprint density at radius 3 is 2.71 bits per heavy atom. The average molecular weight is 313 g/mol. The van der Waals surface area contributed by atoms with Gasteiger partial charge in [0.25, 0.3) is 0 Å². The smallest absolute Gasteiger partial charge is 0.0594 e. The molecule has 0 saturated carbocycles. The molecule has 1 N–H and O–H groups in total. The summed E-state index contributed by atoms with van der Waals surface area (Å²) in [6.45, 7) is 9.42. The molecular weight excluding hydrogens is 288 g/mol. The lowest BCUT2D eigenvalue weighted by Gasteiger charge is -2.30. The maximum atomic E-state index is 9.25. The van der Waals surface area contributed by atoms with E-state index in [1.807, 2.05) is 13.0 Å². The van der Waals surface area contributed by atoms with Crippen molar-refractivity contribution < 1.29 is 9.84 Å². The second-order valence-electron chi connectivity index (χ2n) is 5.54. The first-order chi connectivity index (χ1) is 10.2. The van der Waals surface area contributed by atoms with Crippen LogP contribution in [-0.2, 0) is 11.3 Å². The van der Waals surface area contributed by atoms with E-state index in [0.29, 0.717) is 6.54 Å². The van der Waals surface area contributed by atoms with Gasteiger partial charge in [-0.05, 0) is 24.1 Å². The van der Waals surface area contributed by atoms with Crippen molar-refractivity contribution in [2.75, 3.05) is 52.5 Å². The molecule has 0 radical (unpaired) electrons. The quantitative estimate of drug-likeness (QED) is 0.832. The van der Waals surface area contributed by atoms with E-state index in [9.17, 15) is 5.11 Å². The number of nitrogens with zero attached hydrogens (tertiary/aromatic N) is 2. The number of hydrogen-bond acceptors (Lipinski definition) is 4. The lowest BCUT2D eigenvalue weighted by Crippen LogP contribution is -2.41. The number of aryl methyl sites for hydroxylation is 1. The van der Waals surface area contributed by atoms with Crippen molar-refractivity contribution in [3.05, 3.63) is 34.3 Å². The molecule has 2 rings (SSSR count). The third kappa shape index (κ3) is 5.57. The normalized spacial score (nSPS) is 16.6. The fourth-order valence-corrected chi connectivity index (χ4v) is 2.70. The summed E-state index contributed by atoms with van der Waals surface area (Å²) in [6, 6.07) is 6.14. The highest BCUT2D eigenvalue weighted by molar-refractivity contribution is 6.31. The van der Waals surface area contributed by atoms with Gasteiger partial charge in [-0.15, -0.1) is 0 Å². The molecular formula is C16H25ClN2O2. The fraction of sp³-hybridized carbons (Fsp3) is 0.625. The van der Waals surface area contributed by atoms with Gasteiger partial charge in [-0.3, -0.25) is 9.80 Å². The number of halogens is 1. The molecule has 1 aromatic rings. The van der Waals surface area contributed by atoms with E-state index in [-0.39, 0.29) is 6.61 Å². The zero-order valence-corrected chi connectivity index (χ0v) is 13.5. The molecule has 21 heavy (non-hydrogen) atoms. The molecule has 0 unspecified atom stereocenters. The van der Waals surface area contributed by atoms with Gasteiger partial charge in [0, 0.05) is 44.3 Å². The Hall–Kier alpha value is -0.650. The van der Waals surface area contributed by atoms with E-state index < -0.39 is 0 Å². The second kappa shape index (κ2) is 8.71. The Labute approximate surface area is 132 Å². The van der Waals surface area contributed by atoms with Crippen molar-refractivity contribution in [1.29, 1.82) is 0 Å². The minimum atomic E-state index is 0.190. The molecule has 1 fully saturated rings. The van der Waals surface area contributed by atoms with Gasteiger partial charge < -0.3 is 9.84 Å². The Bertz CT molecular complexity index is 436. The van der Waals surface area contributed by atoms with E-state index in [2.05, 4.69) is 21.9 Å². The molecule has 0 aromatic heterocycles. The number of aliphatic hydroxyl groups excluding tert-OH is 1. The monoisotopic (exact) mass is 312 g/mol. The van der Waals surface area contributed by atoms with Gasteiger partial charge in [-0.25, -0.2) is 0 Å². The highest BCUT2D eigenvalue weighted by atomic mass is 35.5. The van der Waals surface area contributed by atoms with Crippen molar-refractivity contribution in [3.63, 3.8) is 0 Å². The lowest BCUT2D eigenvalue weighted by molar-refractivity contribution is 0.0320. The third-order valence-electron chi connectivity index (χ3n) is 3.88. The predicted molar refractivity (Wildman–Crippen MR) is 85.8 cm³/mol. The van der Waals surface area contributed by atoms with Crippen LogP contribution in [0, 0.1) is 6.92 Å². The first kappa shape index (κ1) is 16.7. The molecule has 0 spiro atoms. The molecule has 1 heterocycles. The summed E-state index contributed by atoms with van der Waals surface area (Å²) in [6.07, 6.45) is 0. The Morgan fingerprint density at radius 2 is 2.05 bits per heavy atom. The van der Waals surface area contributed by atoms with Gasteiger partial charge in [-0.2, -0.15) is 0 Å². The molecule has 5 heteroatoms. The number of benzene rings is 1. The van der Waals surface area contributed by atoms with E-state index >= 15 is 0 Å². The molecule has 1 aromatic carbocycles. The van der Waals surface area contributed by atoms with Crippen molar-refractivity contribution >= 4 is 11.6 Å². The van der Waals surface area contributed by atoms with Crippen LogP contribution in [0.2, 0.25) is 5.02 Å². The van der Waals surface area contributed by atoms with Crippen LogP contribution in [-0.4, -0.2) is 67.5 Å². The van der Waals surface area contributed by atoms with Gasteiger partial charge in [0.05, 0.1) is 19.8 Å². The molecule has 4 nitrogen and oxygen atoms in total. The van der Waals surface area contributed by atoms with Crippen LogP contribution >= 0.6 is 11.6 Å². The molecule has 1 saturated heterocycles. The Kier molecular flexibility index (Phi) is 6.93. The SMILES string of the molecule is Cc1cc(CN(CCO)CCN2CCOCC2)ccc1Cl. The van der Waals surface area contributed by atoms with E-state index in [4.69, 9.17) is 16.3 Å². The third-order valence-corrected chi connectivity index (χ3v) is 4.31. The largest absolute Gasteiger partial charge is 0.395 e. The van der Waals surface area contributed by atoms with Crippen LogP contribution in [0.5, 0.6) is 0 Å². The molecule has 1 aliphatic heterocycles. The minimum Gasteiger partial charge on any atom is -0.395 e. The van der Waals surface area contributed by atoms with Crippen LogP contribution in [0.4, 0.5) is 0 Å². The summed E-state index contributed by atoms with van der Waals surface area (Å²) < 4.78 is 5.37. The summed E-state index contributed by atoms with van der Waals surface area (Å²) in [7, 11) is 0. The van der Waals surface area contributed by atoms with Crippen molar-refractivity contribution in [3.8, 4) is 0 Å². The highest BCUT2D eigenvalue weighted by Gasteiger charge is 2.12. The van der Waals surface area contributed by atoms with Gasteiger partial charge in [0.2, 0.25) is 0 Å². The lowest BCUT2D eigenvalue weighted by atomic mass is 10.1. The summed E-state index contributed by atoms with van der Waals surface area (Å²) in [5, 5.41) is 10.1. The summed E-state index contributed by atoms with van der Waals surface area (Å²) >= 11 is 6.07. The van der Waals surface area contributed by atoms with Crippen LogP contribution in [0.1, 0.15) is 11.1 Å². The molecule has 0 amide bonds. The Balaban J connectivity index is 1.86. The molecule has 118 valence electrons. The van der Waals surface area contributed by atoms with E-state index in [0.717, 1.165) is 56.5 Å². The van der Waals surface area contributed by atoms with Gasteiger partial charge in [0.1, 0.15) is 0 Å². The maximum absolute atomic E-state index is 9.25. The van der Waals surface area contributed by atoms with Gasteiger partial charge >= 0.3 is 0 Å². The average Bonchev–Trinajstić information content (AvgIpc) is 2.50.